The topological polar surface area (TPSA) is 62.8 Å². The van der Waals surface area contributed by atoms with E-state index in [9.17, 15) is 4.79 Å². The van der Waals surface area contributed by atoms with E-state index in [4.69, 9.17) is 9.16 Å². The molecule has 1 aliphatic heterocycles. The lowest BCUT2D eigenvalue weighted by Gasteiger charge is -2.43. The van der Waals surface area contributed by atoms with Crippen LogP contribution in [-0.4, -0.2) is 14.4 Å². The average molecular weight is 770 g/mol. The van der Waals surface area contributed by atoms with Gasteiger partial charge in [-0.15, -0.1) is 0 Å². The Morgan fingerprint density at radius 3 is 1.46 bits per heavy atom. The van der Waals surface area contributed by atoms with E-state index >= 15 is 0 Å². The number of hydrogen-bond donors (Lipinski definition) is 2. The zero-order chi connectivity index (χ0) is 38.5. The van der Waals surface area contributed by atoms with Gasteiger partial charge in [0.1, 0.15) is 12.4 Å². The number of carbonyl (C=O) groups excluding carboxylic acids is 1. The molecule has 0 aromatic heterocycles. The molecule has 0 atom stereocenters. The lowest BCUT2D eigenvalue weighted by Crippen LogP contribution is -2.68. The molecule has 0 saturated carbocycles. The Labute approximate surface area is 334 Å². The highest BCUT2D eigenvalue weighted by Crippen LogP contribution is 2.50. The van der Waals surface area contributed by atoms with Crippen molar-refractivity contribution in [2.75, 3.05) is 15.5 Å². The fraction of sp³-hybridized carbons (Fsp3) is 0.104. The summed E-state index contributed by atoms with van der Waals surface area (Å²) in [5, 5.41) is 9.23. The molecule has 1 aliphatic rings. The van der Waals surface area contributed by atoms with Gasteiger partial charge in [-0.3, -0.25) is 0 Å². The molecule has 0 aliphatic carbocycles. The summed E-state index contributed by atoms with van der Waals surface area (Å²) in [5.74, 6) is 0.783. The fourth-order valence-electron chi connectivity index (χ4n) is 7.23. The Bertz CT molecular complexity index is 2290. The maximum Gasteiger partial charge on any atom is 0.419 e. The highest BCUT2D eigenvalue weighted by Gasteiger charge is 2.52. The van der Waals surface area contributed by atoms with E-state index in [1.807, 2.05) is 121 Å². The van der Waals surface area contributed by atoms with Crippen molar-refractivity contribution in [2.45, 2.75) is 42.2 Å². The van der Waals surface area contributed by atoms with Crippen molar-refractivity contribution in [3.05, 3.63) is 188 Å². The van der Waals surface area contributed by atoms with Gasteiger partial charge in [0.15, 0.2) is 0 Å². The third-order valence-corrected chi connectivity index (χ3v) is 15.9. The monoisotopic (exact) mass is 769 g/mol. The molecule has 8 rings (SSSR count). The standard InChI is InChI=1S/C48H43N3O3SSi/c1-48(2,3)56(41-20-12-6-13-21-41,42-22-14-7-15-23-42)54-40-28-24-35(25-29-40)34-53-47(52)51-43-30-26-38(49-36-16-8-4-9-17-36)32-45(43)55-46-33-39(27-31-44(46)51)50-37-18-10-5-11-19-37/h4-33,49-50H,34H2,1-3H3. The Hall–Kier alpha value is -6.22. The molecule has 0 spiro atoms. The number of amides is 1. The molecule has 0 radical (unpaired) electrons. The first-order valence-corrected chi connectivity index (χ1v) is 21.5. The van der Waals surface area contributed by atoms with E-state index in [1.165, 1.54) is 10.4 Å². The van der Waals surface area contributed by atoms with E-state index in [-0.39, 0.29) is 11.6 Å². The van der Waals surface area contributed by atoms with Crippen molar-refractivity contribution >= 4 is 70.7 Å². The van der Waals surface area contributed by atoms with Crippen molar-refractivity contribution < 1.29 is 14.0 Å². The smallest absolute Gasteiger partial charge is 0.419 e. The highest BCUT2D eigenvalue weighted by molar-refractivity contribution is 7.99. The Morgan fingerprint density at radius 2 is 1.02 bits per heavy atom. The van der Waals surface area contributed by atoms with Crippen molar-refractivity contribution in [1.82, 2.24) is 0 Å². The number of ether oxygens (including phenoxy) is 1. The molecule has 7 aromatic rings. The minimum atomic E-state index is -2.79. The fourth-order valence-corrected chi connectivity index (χ4v) is 12.8. The van der Waals surface area contributed by atoms with Crippen molar-refractivity contribution in [3.8, 4) is 5.75 Å². The summed E-state index contributed by atoms with van der Waals surface area (Å²) < 4.78 is 13.3. The predicted octanol–water partition coefficient (Wildman–Crippen LogP) is 12.1. The van der Waals surface area contributed by atoms with Gasteiger partial charge in [0.05, 0.1) is 11.4 Å². The first-order chi connectivity index (χ1) is 27.3. The van der Waals surface area contributed by atoms with Crippen LogP contribution in [0.25, 0.3) is 0 Å². The lowest BCUT2D eigenvalue weighted by molar-refractivity contribution is 0.149. The SMILES string of the molecule is CC(C)(C)[Si](Oc1ccc(COC(=O)N2c3ccc(Nc4ccccc4)cc3Sc3cc(Nc4ccccc4)ccc32)cc1)(c1ccccc1)c1ccccc1. The second-order valence-electron chi connectivity index (χ2n) is 14.7. The Kier molecular flexibility index (Phi) is 10.4. The van der Waals surface area contributed by atoms with Gasteiger partial charge >= 0.3 is 14.4 Å². The van der Waals surface area contributed by atoms with Crippen LogP contribution >= 0.6 is 11.8 Å². The van der Waals surface area contributed by atoms with E-state index in [2.05, 4.69) is 92.1 Å². The number of anilines is 6. The van der Waals surface area contributed by atoms with Crippen LogP contribution in [0.5, 0.6) is 5.75 Å². The van der Waals surface area contributed by atoms with Crippen LogP contribution in [0.3, 0.4) is 0 Å². The maximum atomic E-state index is 14.2. The molecule has 56 heavy (non-hydrogen) atoms. The molecule has 0 unspecified atom stereocenters. The lowest BCUT2D eigenvalue weighted by atomic mass is 10.2. The van der Waals surface area contributed by atoms with Crippen LogP contribution in [0, 0.1) is 0 Å². The summed E-state index contributed by atoms with van der Waals surface area (Å²) in [6.45, 7) is 6.91. The van der Waals surface area contributed by atoms with Crippen LogP contribution < -0.4 is 30.3 Å². The zero-order valence-corrected chi connectivity index (χ0v) is 33.4. The molecule has 2 N–H and O–H groups in total. The number of hydrogen-bond acceptors (Lipinski definition) is 6. The molecule has 8 heteroatoms. The minimum Gasteiger partial charge on any atom is -0.534 e. The van der Waals surface area contributed by atoms with Crippen LogP contribution in [0.1, 0.15) is 26.3 Å². The molecule has 0 bridgehead atoms. The summed E-state index contributed by atoms with van der Waals surface area (Å²) in [7, 11) is -2.79. The quantitative estimate of drug-likeness (QED) is 0.135. The number of fused-ring (bicyclic) bond motifs is 2. The van der Waals surface area contributed by atoms with Crippen molar-refractivity contribution in [3.63, 3.8) is 0 Å². The van der Waals surface area contributed by atoms with Gasteiger partial charge in [-0.05, 0) is 93.8 Å². The molecular formula is C48H43N3O3SSi. The van der Waals surface area contributed by atoms with Crippen LogP contribution in [-0.2, 0) is 11.3 Å². The van der Waals surface area contributed by atoms with Gasteiger partial charge in [-0.2, -0.15) is 0 Å². The summed E-state index contributed by atoms with van der Waals surface area (Å²) in [6.07, 6.45) is -0.451. The number of para-hydroxylation sites is 2. The third kappa shape index (κ3) is 7.67. The maximum absolute atomic E-state index is 14.2. The second-order valence-corrected chi connectivity index (χ2v) is 20.1. The number of nitrogens with one attached hydrogen (secondary N) is 2. The van der Waals surface area contributed by atoms with E-state index in [0.29, 0.717) is 0 Å². The van der Waals surface area contributed by atoms with Gasteiger partial charge in [0.2, 0.25) is 0 Å². The number of nitrogens with zero attached hydrogens (tertiary/aromatic N) is 1. The first-order valence-electron chi connectivity index (χ1n) is 18.7. The number of carbonyl (C=O) groups is 1. The summed E-state index contributed by atoms with van der Waals surface area (Å²) >= 11 is 1.63. The first kappa shape index (κ1) is 36.7. The molecule has 0 saturated heterocycles. The molecular weight excluding hydrogens is 727 g/mol. The minimum absolute atomic E-state index is 0.105. The molecule has 278 valence electrons. The Balaban J connectivity index is 1.05. The largest absolute Gasteiger partial charge is 0.534 e. The Morgan fingerprint density at radius 1 is 0.571 bits per heavy atom. The van der Waals surface area contributed by atoms with Gasteiger partial charge in [0.25, 0.3) is 0 Å². The molecule has 1 heterocycles. The van der Waals surface area contributed by atoms with E-state index in [1.54, 1.807) is 16.7 Å². The molecule has 1 amide bonds. The zero-order valence-electron chi connectivity index (χ0n) is 31.6. The van der Waals surface area contributed by atoms with E-state index < -0.39 is 14.4 Å². The number of rotatable bonds is 10. The van der Waals surface area contributed by atoms with Crippen LogP contribution in [0.4, 0.5) is 38.9 Å². The normalized spacial score (nSPS) is 12.2. The molecule has 6 nitrogen and oxygen atoms in total. The molecule has 0 fully saturated rings. The van der Waals surface area contributed by atoms with Crippen molar-refractivity contribution in [2.24, 2.45) is 0 Å². The van der Waals surface area contributed by atoms with Gasteiger partial charge in [-0.1, -0.05) is 142 Å². The summed E-state index contributed by atoms with van der Waals surface area (Å²) in [6, 6.07) is 61.4. The van der Waals surface area contributed by atoms with Crippen LogP contribution in [0.15, 0.2) is 192 Å². The van der Waals surface area contributed by atoms with Crippen LogP contribution in [0.2, 0.25) is 5.04 Å². The van der Waals surface area contributed by atoms with Crippen molar-refractivity contribution in [1.29, 1.82) is 0 Å². The average Bonchev–Trinajstić information content (AvgIpc) is 3.22. The van der Waals surface area contributed by atoms with Gasteiger partial charge < -0.3 is 19.8 Å². The van der Waals surface area contributed by atoms with Gasteiger partial charge in [-0.25, -0.2) is 9.69 Å². The number of benzene rings is 7. The van der Waals surface area contributed by atoms with Gasteiger partial charge in [0, 0.05) is 32.5 Å². The summed E-state index contributed by atoms with van der Waals surface area (Å²) in [4.78, 5) is 17.7. The highest BCUT2D eigenvalue weighted by atomic mass is 32.2. The van der Waals surface area contributed by atoms with E-state index in [0.717, 1.165) is 55.2 Å². The molecule has 7 aromatic carbocycles. The summed E-state index contributed by atoms with van der Waals surface area (Å²) in [5.41, 5.74) is 6.23. The predicted molar refractivity (Wildman–Crippen MR) is 233 cm³/mol. The third-order valence-electron chi connectivity index (χ3n) is 9.90. The second kappa shape index (κ2) is 15.9.